The van der Waals surface area contributed by atoms with Gasteiger partial charge in [-0.05, 0) is 40.9 Å². The van der Waals surface area contributed by atoms with E-state index >= 15 is 0 Å². The smallest absolute Gasteiger partial charge is 0.337 e. The van der Waals surface area contributed by atoms with Gasteiger partial charge in [-0.3, -0.25) is 4.79 Å². The summed E-state index contributed by atoms with van der Waals surface area (Å²) in [5.41, 5.74) is 5.20. The van der Waals surface area contributed by atoms with Crippen molar-refractivity contribution in [3.05, 3.63) is 28.2 Å². The molecular formula is C11H11BrN2O3. The molecule has 1 amide bonds. The number of nitrogens with one attached hydrogen (secondary N) is 1. The Morgan fingerprint density at radius 3 is 2.59 bits per heavy atom. The predicted molar refractivity (Wildman–Crippen MR) is 65.9 cm³/mol. The number of hydrogen-bond acceptors (Lipinski definition) is 3. The number of aromatic carboxylic acids is 1. The van der Waals surface area contributed by atoms with Gasteiger partial charge in [-0.2, -0.15) is 0 Å². The van der Waals surface area contributed by atoms with Crippen LogP contribution in [-0.2, 0) is 4.79 Å². The van der Waals surface area contributed by atoms with E-state index in [-0.39, 0.29) is 17.2 Å². The lowest BCUT2D eigenvalue weighted by Crippen LogP contribution is -2.38. The molecule has 2 rings (SSSR count). The molecule has 90 valence electrons. The van der Waals surface area contributed by atoms with Gasteiger partial charge in [-0.15, -0.1) is 0 Å². The van der Waals surface area contributed by atoms with Crippen LogP contribution in [0.15, 0.2) is 22.7 Å². The Kier molecular flexibility index (Phi) is 2.92. The van der Waals surface area contributed by atoms with Crippen LogP contribution in [0, 0.1) is 0 Å². The highest BCUT2D eigenvalue weighted by Crippen LogP contribution is 2.35. The van der Waals surface area contributed by atoms with Crippen molar-refractivity contribution in [1.29, 1.82) is 0 Å². The van der Waals surface area contributed by atoms with Gasteiger partial charge in [-0.25, -0.2) is 4.79 Å². The van der Waals surface area contributed by atoms with Crippen LogP contribution in [0.25, 0.3) is 0 Å². The molecule has 0 saturated heterocycles. The number of halogens is 1. The minimum absolute atomic E-state index is 0.0389. The Bertz CT molecular complexity index is 497. The molecule has 17 heavy (non-hydrogen) atoms. The van der Waals surface area contributed by atoms with Crippen molar-refractivity contribution < 1.29 is 14.7 Å². The van der Waals surface area contributed by atoms with Crippen molar-refractivity contribution in [3.63, 3.8) is 0 Å². The Hall–Kier alpha value is -1.40. The number of amides is 1. The Morgan fingerprint density at radius 2 is 2.06 bits per heavy atom. The lowest BCUT2D eigenvalue weighted by atomic mass is 10.1. The fraction of sp³-hybridized carbons (Fsp3) is 0.273. The second-order valence-corrected chi connectivity index (χ2v) is 4.93. The molecule has 4 N–H and O–H groups in total. The monoisotopic (exact) mass is 298 g/mol. The van der Waals surface area contributed by atoms with Crippen LogP contribution in [0.1, 0.15) is 23.2 Å². The third-order valence-electron chi connectivity index (χ3n) is 2.72. The minimum atomic E-state index is -1.09. The highest BCUT2D eigenvalue weighted by Gasteiger charge is 2.46. The number of carboxylic acids is 1. The maximum atomic E-state index is 11.8. The molecule has 1 aromatic rings. The summed E-state index contributed by atoms with van der Waals surface area (Å²) in [6, 6.07) is 4.69. The maximum absolute atomic E-state index is 11.8. The van der Waals surface area contributed by atoms with Crippen LogP contribution in [0.3, 0.4) is 0 Å². The van der Waals surface area contributed by atoms with Crippen LogP contribution in [0.2, 0.25) is 0 Å². The molecule has 0 unspecified atom stereocenters. The summed E-state index contributed by atoms with van der Waals surface area (Å²) < 4.78 is 0.523. The van der Waals surface area contributed by atoms with Gasteiger partial charge in [-0.1, -0.05) is 6.07 Å². The Balaban J connectivity index is 2.31. The number of carbonyl (C=O) groups excluding carboxylic acids is 1. The lowest BCUT2D eigenvalue weighted by Gasteiger charge is -2.13. The SMILES string of the molecule is NC1(C(=O)Nc2c(Br)cccc2C(=O)O)CC1. The number of nitrogens with two attached hydrogens (primary N) is 1. The van der Waals surface area contributed by atoms with Crippen LogP contribution in [0.5, 0.6) is 0 Å². The molecule has 1 fully saturated rings. The third-order valence-corrected chi connectivity index (χ3v) is 3.38. The van der Waals surface area contributed by atoms with Crippen molar-refractivity contribution in [2.75, 3.05) is 5.32 Å². The van der Waals surface area contributed by atoms with Gasteiger partial charge in [0.2, 0.25) is 5.91 Å². The molecular weight excluding hydrogens is 288 g/mol. The summed E-state index contributed by atoms with van der Waals surface area (Å²) in [6.07, 6.45) is 1.26. The topological polar surface area (TPSA) is 92.4 Å². The zero-order valence-electron chi connectivity index (χ0n) is 8.87. The van der Waals surface area contributed by atoms with Crippen LogP contribution < -0.4 is 11.1 Å². The largest absolute Gasteiger partial charge is 0.478 e. The van der Waals surface area contributed by atoms with E-state index in [0.717, 1.165) is 0 Å². The average molecular weight is 299 g/mol. The van der Waals surface area contributed by atoms with Crippen molar-refractivity contribution in [2.24, 2.45) is 5.73 Å². The third kappa shape index (κ3) is 2.32. The highest BCUT2D eigenvalue weighted by molar-refractivity contribution is 9.10. The van der Waals surface area contributed by atoms with Gasteiger partial charge in [0.1, 0.15) is 0 Å². The number of anilines is 1. The molecule has 5 nitrogen and oxygen atoms in total. The summed E-state index contributed by atoms with van der Waals surface area (Å²) in [7, 11) is 0. The standard InChI is InChI=1S/C11H11BrN2O3/c12-7-3-1-2-6(9(15)16)8(7)14-10(17)11(13)4-5-11/h1-3H,4-5,13H2,(H,14,17)(H,15,16). The van der Waals surface area contributed by atoms with E-state index in [0.29, 0.717) is 17.3 Å². The second-order valence-electron chi connectivity index (χ2n) is 4.08. The molecule has 0 heterocycles. The van der Waals surface area contributed by atoms with E-state index in [2.05, 4.69) is 21.2 Å². The number of carboxylic acid groups (broad SMARTS) is 1. The molecule has 1 aliphatic carbocycles. The van der Waals surface area contributed by atoms with E-state index in [4.69, 9.17) is 10.8 Å². The molecule has 0 aliphatic heterocycles. The minimum Gasteiger partial charge on any atom is -0.478 e. The van der Waals surface area contributed by atoms with Crippen molar-refractivity contribution in [3.8, 4) is 0 Å². The summed E-state index contributed by atoms with van der Waals surface area (Å²) >= 11 is 3.21. The maximum Gasteiger partial charge on any atom is 0.337 e. The molecule has 1 saturated carbocycles. The molecule has 6 heteroatoms. The number of rotatable bonds is 3. The van der Waals surface area contributed by atoms with Gasteiger partial charge >= 0.3 is 5.97 Å². The van der Waals surface area contributed by atoms with Crippen molar-refractivity contribution in [2.45, 2.75) is 18.4 Å². The summed E-state index contributed by atoms with van der Waals surface area (Å²) in [5.74, 6) is -1.43. The Labute approximate surface area is 106 Å². The predicted octanol–water partition coefficient (Wildman–Crippen LogP) is 1.58. The van der Waals surface area contributed by atoms with Crippen LogP contribution in [0.4, 0.5) is 5.69 Å². The van der Waals surface area contributed by atoms with Crippen molar-refractivity contribution >= 4 is 33.5 Å². The van der Waals surface area contributed by atoms with Gasteiger partial charge in [0.25, 0.3) is 0 Å². The molecule has 0 atom stereocenters. The van der Waals surface area contributed by atoms with Gasteiger partial charge in [0, 0.05) is 4.47 Å². The van der Waals surface area contributed by atoms with Gasteiger partial charge in [0.05, 0.1) is 16.8 Å². The number of hydrogen-bond donors (Lipinski definition) is 3. The average Bonchev–Trinajstić information content (AvgIpc) is 3.00. The zero-order chi connectivity index (χ0) is 12.6. The number of carbonyl (C=O) groups is 2. The van der Waals surface area contributed by atoms with E-state index < -0.39 is 11.5 Å². The van der Waals surface area contributed by atoms with Crippen molar-refractivity contribution in [1.82, 2.24) is 0 Å². The molecule has 0 bridgehead atoms. The van der Waals surface area contributed by atoms with E-state index in [9.17, 15) is 9.59 Å². The molecule has 0 spiro atoms. The molecule has 1 aliphatic rings. The molecule has 0 aromatic heterocycles. The first-order valence-electron chi connectivity index (χ1n) is 5.06. The fourth-order valence-electron chi connectivity index (χ4n) is 1.43. The quantitative estimate of drug-likeness (QED) is 0.790. The van der Waals surface area contributed by atoms with Crippen LogP contribution in [-0.4, -0.2) is 22.5 Å². The molecule has 1 aromatic carbocycles. The summed E-state index contributed by atoms with van der Waals surface area (Å²) in [4.78, 5) is 22.8. The first-order chi connectivity index (χ1) is 7.94. The van der Waals surface area contributed by atoms with Gasteiger partial charge in [0.15, 0.2) is 0 Å². The molecule has 0 radical (unpaired) electrons. The number of benzene rings is 1. The second kappa shape index (κ2) is 4.12. The zero-order valence-corrected chi connectivity index (χ0v) is 10.5. The first-order valence-corrected chi connectivity index (χ1v) is 5.85. The highest BCUT2D eigenvalue weighted by atomic mass is 79.9. The fourth-order valence-corrected chi connectivity index (χ4v) is 1.89. The first kappa shape index (κ1) is 12.1. The Morgan fingerprint density at radius 1 is 1.41 bits per heavy atom. The van der Waals surface area contributed by atoms with E-state index in [1.165, 1.54) is 6.07 Å². The van der Waals surface area contributed by atoms with E-state index in [1.54, 1.807) is 12.1 Å². The summed E-state index contributed by atoms with van der Waals surface area (Å²) in [5, 5.41) is 11.6. The van der Waals surface area contributed by atoms with Gasteiger partial charge < -0.3 is 16.2 Å². The van der Waals surface area contributed by atoms with E-state index in [1.807, 2.05) is 0 Å². The lowest BCUT2D eigenvalue weighted by molar-refractivity contribution is -0.118. The normalized spacial score (nSPS) is 16.4. The summed E-state index contributed by atoms with van der Waals surface area (Å²) in [6.45, 7) is 0. The van der Waals surface area contributed by atoms with Crippen LogP contribution >= 0.6 is 15.9 Å². The number of para-hydroxylation sites is 1.